The number of nitrogens with two attached hydrogens (primary N) is 2. The van der Waals surface area contributed by atoms with E-state index in [2.05, 4.69) is 10.6 Å². The number of carbonyl (C=O) groups excluding carboxylic acids is 2. The Bertz CT molecular complexity index is 142. The molecular weight excluding hydrogens is 160 g/mol. The van der Waals surface area contributed by atoms with E-state index in [1.165, 1.54) is 0 Å². The van der Waals surface area contributed by atoms with Crippen molar-refractivity contribution in [3.63, 3.8) is 0 Å². The Hall–Kier alpha value is -1.14. The highest BCUT2D eigenvalue weighted by Gasteiger charge is 1.93. The Morgan fingerprint density at radius 2 is 1.25 bits per heavy atom. The van der Waals surface area contributed by atoms with Crippen molar-refractivity contribution in [1.29, 1.82) is 0 Å². The Labute approximate surface area is 70.7 Å². The molecule has 0 fully saturated rings. The number of carbonyl (C=O) groups is 2. The zero-order valence-corrected chi connectivity index (χ0v) is 6.80. The molecule has 0 spiro atoms. The molecule has 0 aliphatic heterocycles. The van der Waals surface area contributed by atoms with Crippen molar-refractivity contribution in [3.05, 3.63) is 0 Å². The predicted octanol–water partition coefficient (Wildman–Crippen LogP) is -2.86. The van der Waals surface area contributed by atoms with Gasteiger partial charge in [0.2, 0.25) is 11.8 Å². The highest BCUT2D eigenvalue weighted by atomic mass is 16.1. The van der Waals surface area contributed by atoms with Crippen LogP contribution in [0.5, 0.6) is 0 Å². The first-order valence-corrected chi connectivity index (χ1v) is 3.61. The van der Waals surface area contributed by atoms with Crippen LogP contribution in [0.25, 0.3) is 0 Å². The molecule has 70 valence electrons. The monoisotopic (exact) mass is 174 g/mol. The lowest BCUT2D eigenvalue weighted by Gasteiger charge is -2.02. The summed E-state index contributed by atoms with van der Waals surface area (Å²) in [5.41, 5.74) is 9.72. The first-order valence-electron chi connectivity index (χ1n) is 3.61. The van der Waals surface area contributed by atoms with Gasteiger partial charge in [-0.1, -0.05) is 0 Å². The maximum atomic E-state index is 10.2. The molecule has 6 nitrogen and oxygen atoms in total. The molecule has 2 amide bonds. The minimum absolute atomic E-state index is 0.151. The van der Waals surface area contributed by atoms with Crippen LogP contribution in [0.1, 0.15) is 0 Å². The Morgan fingerprint density at radius 3 is 1.50 bits per heavy atom. The topological polar surface area (TPSA) is 110 Å². The molecule has 0 heterocycles. The molecule has 0 radical (unpaired) electrons. The zero-order chi connectivity index (χ0) is 9.40. The van der Waals surface area contributed by atoms with E-state index in [0.29, 0.717) is 13.1 Å². The zero-order valence-electron chi connectivity index (χ0n) is 6.80. The Kier molecular flexibility index (Phi) is 5.94. The molecule has 0 rings (SSSR count). The summed E-state index contributed by atoms with van der Waals surface area (Å²) in [5.74, 6) is -0.796. The van der Waals surface area contributed by atoms with Gasteiger partial charge in [-0.2, -0.15) is 0 Å². The highest BCUT2D eigenvalue weighted by molar-refractivity contribution is 5.76. The van der Waals surface area contributed by atoms with Gasteiger partial charge in [-0.05, 0) is 0 Å². The summed E-state index contributed by atoms with van der Waals surface area (Å²) in [5, 5.41) is 5.54. The van der Waals surface area contributed by atoms with Crippen molar-refractivity contribution in [1.82, 2.24) is 10.6 Å². The third-order valence-electron chi connectivity index (χ3n) is 1.08. The lowest BCUT2D eigenvalue weighted by atomic mass is 10.5. The fourth-order valence-corrected chi connectivity index (χ4v) is 0.600. The summed E-state index contributed by atoms with van der Waals surface area (Å²) in [7, 11) is 0. The van der Waals surface area contributed by atoms with Crippen molar-refractivity contribution in [2.24, 2.45) is 11.5 Å². The summed E-state index contributed by atoms with van der Waals surface area (Å²) in [6.07, 6.45) is 0. The molecule has 0 aromatic carbocycles. The molecule has 0 saturated heterocycles. The lowest BCUT2D eigenvalue weighted by Crippen LogP contribution is -2.36. The third kappa shape index (κ3) is 8.86. The molecule has 0 bridgehead atoms. The lowest BCUT2D eigenvalue weighted by molar-refractivity contribution is -0.118. The van der Waals surface area contributed by atoms with E-state index in [-0.39, 0.29) is 13.1 Å². The second-order valence-electron chi connectivity index (χ2n) is 2.29. The van der Waals surface area contributed by atoms with Gasteiger partial charge in [-0.15, -0.1) is 0 Å². The van der Waals surface area contributed by atoms with E-state index in [1.54, 1.807) is 0 Å². The Morgan fingerprint density at radius 1 is 0.917 bits per heavy atom. The maximum Gasteiger partial charge on any atom is 0.231 e. The van der Waals surface area contributed by atoms with E-state index in [1.807, 2.05) is 0 Å². The molecule has 0 aromatic heterocycles. The van der Waals surface area contributed by atoms with Crippen molar-refractivity contribution >= 4 is 11.8 Å². The molecule has 0 aliphatic carbocycles. The number of primary amides is 2. The standard InChI is InChI=1S/C6H14N4O2/c7-5(11)3-9-1-2-10-4-6(8)12/h9-10H,1-4H2,(H2,7,11)(H2,8,12). The second kappa shape index (κ2) is 6.56. The van der Waals surface area contributed by atoms with Crippen LogP contribution >= 0.6 is 0 Å². The minimum atomic E-state index is -0.398. The summed E-state index contributed by atoms with van der Waals surface area (Å²) in [6, 6.07) is 0. The quantitative estimate of drug-likeness (QED) is 0.311. The molecule has 0 saturated carbocycles. The Balaban J connectivity index is 3.01. The molecule has 0 aliphatic rings. The van der Waals surface area contributed by atoms with Gasteiger partial charge in [0.15, 0.2) is 0 Å². The SMILES string of the molecule is NC(=O)CNCCNCC(N)=O. The molecule has 0 atom stereocenters. The highest BCUT2D eigenvalue weighted by Crippen LogP contribution is 1.60. The molecule has 0 unspecified atom stereocenters. The van der Waals surface area contributed by atoms with Crippen LogP contribution in [0.4, 0.5) is 0 Å². The van der Waals surface area contributed by atoms with Crippen LogP contribution in [0.2, 0.25) is 0 Å². The second-order valence-corrected chi connectivity index (χ2v) is 2.29. The number of nitrogens with one attached hydrogen (secondary N) is 2. The normalized spacial score (nSPS) is 9.67. The van der Waals surface area contributed by atoms with Crippen molar-refractivity contribution in [2.45, 2.75) is 0 Å². The number of hydrogen-bond acceptors (Lipinski definition) is 4. The van der Waals surface area contributed by atoms with Crippen LogP contribution in [-0.2, 0) is 9.59 Å². The van der Waals surface area contributed by atoms with E-state index < -0.39 is 11.8 Å². The van der Waals surface area contributed by atoms with Crippen LogP contribution in [0.15, 0.2) is 0 Å². The maximum absolute atomic E-state index is 10.2. The number of rotatable bonds is 7. The summed E-state index contributed by atoms with van der Waals surface area (Å²) >= 11 is 0. The van der Waals surface area contributed by atoms with Gasteiger partial charge < -0.3 is 22.1 Å². The molecule has 12 heavy (non-hydrogen) atoms. The van der Waals surface area contributed by atoms with Gasteiger partial charge >= 0.3 is 0 Å². The smallest absolute Gasteiger partial charge is 0.231 e. The molecule has 0 aromatic rings. The largest absolute Gasteiger partial charge is 0.369 e. The van der Waals surface area contributed by atoms with Gasteiger partial charge in [0.05, 0.1) is 13.1 Å². The van der Waals surface area contributed by atoms with Crippen LogP contribution in [-0.4, -0.2) is 38.0 Å². The van der Waals surface area contributed by atoms with Crippen LogP contribution < -0.4 is 22.1 Å². The third-order valence-corrected chi connectivity index (χ3v) is 1.08. The fourth-order valence-electron chi connectivity index (χ4n) is 0.600. The molecule has 6 heteroatoms. The van der Waals surface area contributed by atoms with Gasteiger partial charge in [0.1, 0.15) is 0 Å². The first kappa shape index (κ1) is 10.9. The predicted molar refractivity (Wildman–Crippen MR) is 44.1 cm³/mol. The van der Waals surface area contributed by atoms with Crippen molar-refractivity contribution in [3.8, 4) is 0 Å². The van der Waals surface area contributed by atoms with Crippen LogP contribution in [0.3, 0.4) is 0 Å². The van der Waals surface area contributed by atoms with Crippen molar-refractivity contribution in [2.75, 3.05) is 26.2 Å². The number of amides is 2. The average molecular weight is 174 g/mol. The fraction of sp³-hybridized carbons (Fsp3) is 0.667. The van der Waals surface area contributed by atoms with E-state index in [0.717, 1.165) is 0 Å². The molecule has 6 N–H and O–H groups in total. The number of hydrogen-bond donors (Lipinski definition) is 4. The van der Waals surface area contributed by atoms with Gasteiger partial charge in [-0.3, -0.25) is 9.59 Å². The van der Waals surface area contributed by atoms with Gasteiger partial charge in [0.25, 0.3) is 0 Å². The average Bonchev–Trinajstić information content (AvgIpc) is 1.95. The van der Waals surface area contributed by atoms with Gasteiger partial charge in [-0.25, -0.2) is 0 Å². The summed E-state index contributed by atoms with van der Waals surface area (Å²) < 4.78 is 0. The molecular formula is C6H14N4O2. The van der Waals surface area contributed by atoms with Crippen molar-refractivity contribution < 1.29 is 9.59 Å². The van der Waals surface area contributed by atoms with Crippen LogP contribution in [0, 0.1) is 0 Å². The van der Waals surface area contributed by atoms with E-state index >= 15 is 0 Å². The van der Waals surface area contributed by atoms with E-state index in [9.17, 15) is 9.59 Å². The van der Waals surface area contributed by atoms with E-state index in [4.69, 9.17) is 11.5 Å². The minimum Gasteiger partial charge on any atom is -0.369 e. The van der Waals surface area contributed by atoms with Gasteiger partial charge in [0, 0.05) is 13.1 Å². The first-order chi connectivity index (χ1) is 5.63. The summed E-state index contributed by atoms with van der Waals surface area (Å²) in [6.45, 7) is 1.46. The summed E-state index contributed by atoms with van der Waals surface area (Å²) in [4.78, 5) is 20.4.